The molecule has 8 heteroatoms. The summed E-state index contributed by atoms with van der Waals surface area (Å²) in [7, 11) is -3.81. The Morgan fingerprint density at radius 2 is 2.26 bits per heavy atom. The van der Waals surface area contributed by atoms with Crippen molar-refractivity contribution >= 4 is 31.9 Å². The summed E-state index contributed by atoms with van der Waals surface area (Å²) in [4.78, 5) is 10.6. The predicted molar refractivity (Wildman–Crippen MR) is 72.6 cm³/mol. The van der Waals surface area contributed by atoms with E-state index in [1.807, 2.05) is 6.92 Å². The summed E-state index contributed by atoms with van der Waals surface area (Å²) in [6, 6.07) is 0.994. The van der Waals surface area contributed by atoms with Gasteiger partial charge in [-0.3, -0.25) is 0 Å². The van der Waals surface area contributed by atoms with Crippen LogP contribution < -0.4 is 0 Å². The van der Waals surface area contributed by atoms with Crippen molar-refractivity contribution in [1.29, 1.82) is 0 Å². The van der Waals surface area contributed by atoms with Crippen LogP contribution in [0.4, 0.5) is 0 Å². The van der Waals surface area contributed by atoms with Crippen LogP contribution >= 0.6 is 15.9 Å². The first-order valence-electron chi connectivity index (χ1n) is 5.48. The third kappa shape index (κ3) is 3.46. The smallest absolute Gasteiger partial charge is 0.371 e. The van der Waals surface area contributed by atoms with Crippen molar-refractivity contribution in [2.75, 3.05) is 13.1 Å². The lowest BCUT2D eigenvalue weighted by atomic mass is 10.5. The normalized spacial score (nSPS) is 11.7. The van der Waals surface area contributed by atoms with Gasteiger partial charge in [-0.05, 0) is 22.4 Å². The number of furan rings is 1. The molecule has 19 heavy (non-hydrogen) atoms. The SMILES string of the molecule is C=CCN(CCC)S(=O)(=O)c1cc(C(=O)O)oc1Br. The summed E-state index contributed by atoms with van der Waals surface area (Å²) in [5, 5.41) is 8.79. The topological polar surface area (TPSA) is 87.8 Å². The number of nitrogens with zero attached hydrogens (tertiary/aromatic N) is 1. The van der Waals surface area contributed by atoms with E-state index in [0.29, 0.717) is 13.0 Å². The summed E-state index contributed by atoms with van der Waals surface area (Å²) in [5.74, 6) is -1.76. The molecule has 1 N–H and O–H groups in total. The number of aromatic carboxylic acids is 1. The monoisotopic (exact) mass is 351 g/mol. The van der Waals surface area contributed by atoms with Crippen LogP contribution in [0.15, 0.2) is 32.7 Å². The molecule has 0 aliphatic heterocycles. The molecule has 0 fully saturated rings. The summed E-state index contributed by atoms with van der Waals surface area (Å²) in [6.45, 7) is 5.82. The van der Waals surface area contributed by atoms with E-state index in [9.17, 15) is 13.2 Å². The van der Waals surface area contributed by atoms with Crippen molar-refractivity contribution in [2.45, 2.75) is 18.2 Å². The van der Waals surface area contributed by atoms with Gasteiger partial charge in [-0.2, -0.15) is 4.31 Å². The van der Waals surface area contributed by atoms with E-state index in [0.717, 1.165) is 6.07 Å². The zero-order valence-corrected chi connectivity index (χ0v) is 12.7. The second kappa shape index (κ2) is 6.36. The Hall–Kier alpha value is -1.12. The van der Waals surface area contributed by atoms with Crippen molar-refractivity contribution in [3.63, 3.8) is 0 Å². The highest BCUT2D eigenvalue weighted by Gasteiger charge is 2.29. The first kappa shape index (κ1) is 15.9. The summed E-state index contributed by atoms with van der Waals surface area (Å²) >= 11 is 2.93. The lowest BCUT2D eigenvalue weighted by molar-refractivity contribution is 0.0661. The van der Waals surface area contributed by atoms with Crippen LogP contribution in [0, 0.1) is 0 Å². The van der Waals surface area contributed by atoms with Crippen molar-refractivity contribution in [3.8, 4) is 0 Å². The third-order valence-corrected chi connectivity index (χ3v) is 5.01. The molecule has 1 heterocycles. The highest BCUT2D eigenvalue weighted by molar-refractivity contribution is 9.10. The quantitative estimate of drug-likeness (QED) is 0.761. The molecule has 6 nitrogen and oxygen atoms in total. The molecule has 1 rings (SSSR count). The van der Waals surface area contributed by atoms with E-state index >= 15 is 0 Å². The first-order valence-corrected chi connectivity index (χ1v) is 7.71. The van der Waals surface area contributed by atoms with Crippen LogP contribution in [0.5, 0.6) is 0 Å². The number of halogens is 1. The van der Waals surface area contributed by atoms with Crippen molar-refractivity contribution < 1.29 is 22.7 Å². The van der Waals surface area contributed by atoms with Gasteiger partial charge in [0, 0.05) is 19.2 Å². The Labute approximate surface area is 119 Å². The largest absolute Gasteiger partial charge is 0.475 e. The molecule has 1 aromatic rings. The van der Waals surface area contributed by atoms with Gasteiger partial charge in [0.15, 0.2) is 4.67 Å². The standard InChI is InChI=1S/C11H14BrNO5S/c1-3-5-13(6-4-2)19(16,17)9-7-8(11(14)15)18-10(9)12/h3,7H,1,4-6H2,2H3,(H,14,15). The van der Waals surface area contributed by atoms with Crippen LogP contribution in [0.2, 0.25) is 0 Å². The van der Waals surface area contributed by atoms with E-state index < -0.39 is 21.8 Å². The lowest BCUT2D eigenvalue weighted by Gasteiger charge is -2.18. The summed E-state index contributed by atoms with van der Waals surface area (Å²) < 4.78 is 30.7. The van der Waals surface area contributed by atoms with E-state index in [2.05, 4.69) is 22.5 Å². The number of carboxylic acid groups (broad SMARTS) is 1. The molecule has 0 atom stereocenters. The van der Waals surface area contributed by atoms with Gasteiger partial charge in [0.05, 0.1) is 0 Å². The number of carbonyl (C=O) groups is 1. The second-order valence-corrected chi connectivity index (χ2v) is 6.33. The summed E-state index contributed by atoms with van der Waals surface area (Å²) in [5.41, 5.74) is 0. The molecule has 0 saturated heterocycles. The van der Waals surface area contributed by atoms with Gasteiger partial charge in [0.2, 0.25) is 15.8 Å². The van der Waals surface area contributed by atoms with Gasteiger partial charge in [-0.15, -0.1) is 6.58 Å². The molecular formula is C11H14BrNO5S. The molecule has 0 saturated carbocycles. The zero-order valence-electron chi connectivity index (χ0n) is 10.3. The van der Waals surface area contributed by atoms with Gasteiger partial charge in [0.1, 0.15) is 4.90 Å². The Morgan fingerprint density at radius 1 is 1.63 bits per heavy atom. The van der Waals surface area contributed by atoms with Crippen LogP contribution in [-0.2, 0) is 10.0 Å². The fraction of sp³-hybridized carbons (Fsp3) is 0.364. The maximum absolute atomic E-state index is 12.4. The van der Waals surface area contributed by atoms with E-state index in [1.165, 1.54) is 10.4 Å². The maximum Gasteiger partial charge on any atom is 0.371 e. The molecule has 0 aliphatic rings. The van der Waals surface area contributed by atoms with Gasteiger partial charge in [-0.1, -0.05) is 13.0 Å². The molecule has 0 radical (unpaired) electrons. The van der Waals surface area contributed by atoms with Crippen LogP contribution in [0.1, 0.15) is 23.9 Å². The average molecular weight is 352 g/mol. The zero-order chi connectivity index (χ0) is 14.6. The number of hydrogen-bond donors (Lipinski definition) is 1. The number of carboxylic acids is 1. The predicted octanol–water partition coefficient (Wildman–Crippen LogP) is 2.33. The first-order chi connectivity index (χ1) is 8.84. The Balaban J connectivity index is 3.24. The minimum absolute atomic E-state index is 0.116. The molecule has 106 valence electrons. The fourth-order valence-corrected chi connectivity index (χ4v) is 3.88. The molecule has 0 unspecified atom stereocenters. The van der Waals surface area contributed by atoms with E-state index in [-0.39, 0.29) is 16.1 Å². The summed E-state index contributed by atoms with van der Waals surface area (Å²) in [6.07, 6.45) is 2.10. The number of hydrogen-bond acceptors (Lipinski definition) is 4. The third-order valence-electron chi connectivity index (χ3n) is 2.29. The number of sulfonamides is 1. The second-order valence-electron chi connectivity index (χ2n) is 3.71. The van der Waals surface area contributed by atoms with E-state index in [1.54, 1.807) is 0 Å². The van der Waals surface area contributed by atoms with Crippen molar-refractivity contribution in [1.82, 2.24) is 4.31 Å². The van der Waals surface area contributed by atoms with Crippen LogP contribution in [0.3, 0.4) is 0 Å². The Kier molecular flexibility index (Phi) is 5.33. The average Bonchev–Trinajstić information content (AvgIpc) is 2.72. The lowest BCUT2D eigenvalue weighted by Crippen LogP contribution is -2.32. The van der Waals surface area contributed by atoms with Crippen LogP contribution in [0.25, 0.3) is 0 Å². The molecule has 1 aromatic heterocycles. The Bertz CT molecular complexity index is 578. The van der Waals surface area contributed by atoms with Gasteiger partial charge in [0.25, 0.3) is 0 Å². The van der Waals surface area contributed by atoms with Crippen molar-refractivity contribution in [2.24, 2.45) is 0 Å². The fourth-order valence-electron chi connectivity index (χ4n) is 1.48. The highest BCUT2D eigenvalue weighted by atomic mass is 79.9. The molecule has 0 aromatic carbocycles. The molecular weight excluding hydrogens is 338 g/mol. The molecule has 0 spiro atoms. The van der Waals surface area contributed by atoms with Gasteiger partial charge >= 0.3 is 5.97 Å². The molecule has 0 amide bonds. The van der Waals surface area contributed by atoms with E-state index in [4.69, 9.17) is 9.52 Å². The molecule has 0 bridgehead atoms. The minimum Gasteiger partial charge on any atom is -0.475 e. The van der Waals surface area contributed by atoms with Gasteiger partial charge < -0.3 is 9.52 Å². The number of rotatable bonds is 7. The minimum atomic E-state index is -3.81. The Morgan fingerprint density at radius 3 is 2.68 bits per heavy atom. The maximum atomic E-state index is 12.4. The van der Waals surface area contributed by atoms with Crippen LogP contribution in [-0.4, -0.2) is 36.9 Å². The van der Waals surface area contributed by atoms with Gasteiger partial charge in [-0.25, -0.2) is 13.2 Å². The van der Waals surface area contributed by atoms with Crippen molar-refractivity contribution in [3.05, 3.63) is 29.2 Å². The highest BCUT2D eigenvalue weighted by Crippen LogP contribution is 2.28. The molecule has 0 aliphatic carbocycles.